The Bertz CT molecular complexity index is 653. The molecule has 6 heteroatoms. The maximum atomic E-state index is 11.8. The molecule has 1 aromatic heterocycles. The fourth-order valence-corrected chi connectivity index (χ4v) is 3.42. The second-order valence-electron chi connectivity index (χ2n) is 3.57. The summed E-state index contributed by atoms with van der Waals surface area (Å²) in [4.78, 5) is 0. The zero-order chi connectivity index (χ0) is 13.0. The van der Waals surface area contributed by atoms with Crippen LogP contribution in [0.1, 0.15) is 11.1 Å². The number of thiophene rings is 1. The third kappa shape index (κ3) is 2.96. The van der Waals surface area contributed by atoms with E-state index in [0.717, 1.165) is 5.56 Å². The smallest absolute Gasteiger partial charge is 0.206 e. The lowest BCUT2D eigenvalue weighted by molar-refractivity contribution is 0.583. The SMILES string of the molecule is N#Cc1ccc(CNS(=O)(=O)c2cccs2)cc1. The summed E-state index contributed by atoms with van der Waals surface area (Å²) < 4.78 is 26.5. The molecule has 1 N–H and O–H groups in total. The normalized spacial score (nSPS) is 11.1. The third-order valence-electron chi connectivity index (χ3n) is 2.31. The molecule has 18 heavy (non-hydrogen) atoms. The van der Waals surface area contributed by atoms with Crippen LogP contribution >= 0.6 is 11.3 Å². The predicted octanol–water partition coefficient (Wildman–Crippen LogP) is 2.10. The second kappa shape index (κ2) is 5.31. The van der Waals surface area contributed by atoms with E-state index in [-0.39, 0.29) is 6.54 Å². The summed E-state index contributed by atoms with van der Waals surface area (Å²) >= 11 is 1.18. The predicted molar refractivity (Wildman–Crippen MR) is 69.5 cm³/mol. The van der Waals surface area contributed by atoms with Crippen molar-refractivity contribution in [1.29, 1.82) is 5.26 Å². The van der Waals surface area contributed by atoms with Crippen LogP contribution in [-0.4, -0.2) is 8.42 Å². The summed E-state index contributed by atoms with van der Waals surface area (Å²) in [5.74, 6) is 0. The maximum Gasteiger partial charge on any atom is 0.250 e. The standard InChI is InChI=1S/C12H10N2O2S2/c13-8-10-3-5-11(6-4-10)9-14-18(15,16)12-2-1-7-17-12/h1-7,14H,9H2. The Morgan fingerprint density at radius 3 is 2.50 bits per heavy atom. The highest BCUT2D eigenvalue weighted by molar-refractivity contribution is 7.91. The Morgan fingerprint density at radius 2 is 1.94 bits per heavy atom. The van der Waals surface area contributed by atoms with Gasteiger partial charge < -0.3 is 0 Å². The van der Waals surface area contributed by atoms with Crippen LogP contribution in [0.2, 0.25) is 0 Å². The highest BCUT2D eigenvalue weighted by Gasteiger charge is 2.14. The first kappa shape index (κ1) is 12.8. The van der Waals surface area contributed by atoms with Crippen LogP contribution in [0.5, 0.6) is 0 Å². The van der Waals surface area contributed by atoms with Gasteiger partial charge in [-0.05, 0) is 29.1 Å². The molecule has 92 valence electrons. The van der Waals surface area contributed by atoms with E-state index >= 15 is 0 Å². The molecule has 0 aliphatic carbocycles. The molecule has 0 amide bonds. The monoisotopic (exact) mass is 278 g/mol. The van der Waals surface area contributed by atoms with Crippen molar-refractivity contribution in [3.05, 3.63) is 52.9 Å². The topological polar surface area (TPSA) is 70.0 Å². The number of rotatable bonds is 4. The zero-order valence-electron chi connectivity index (χ0n) is 9.33. The van der Waals surface area contributed by atoms with Crippen LogP contribution in [0.15, 0.2) is 46.0 Å². The van der Waals surface area contributed by atoms with Gasteiger partial charge in [0.05, 0.1) is 11.6 Å². The molecule has 0 radical (unpaired) electrons. The lowest BCUT2D eigenvalue weighted by atomic mass is 10.1. The van der Waals surface area contributed by atoms with Crippen LogP contribution in [0.25, 0.3) is 0 Å². The average Bonchev–Trinajstić information content (AvgIpc) is 2.92. The molecule has 0 bridgehead atoms. The van der Waals surface area contributed by atoms with Gasteiger partial charge in [-0.25, -0.2) is 13.1 Å². The summed E-state index contributed by atoms with van der Waals surface area (Å²) in [5, 5.41) is 10.4. The van der Waals surface area contributed by atoms with Gasteiger partial charge in [0.2, 0.25) is 10.0 Å². The highest BCUT2D eigenvalue weighted by atomic mass is 32.2. The van der Waals surface area contributed by atoms with Crippen molar-refractivity contribution in [1.82, 2.24) is 4.72 Å². The Morgan fingerprint density at radius 1 is 1.22 bits per heavy atom. The minimum absolute atomic E-state index is 0.214. The van der Waals surface area contributed by atoms with E-state index < -0.39 is 10.0 Å². The van der Waals surface area contributed by atoms with Gasteiger partial charge in [-0.15, -0.1) is 11.3 Å². The molecule has 2 rings (SSSR count). The van der Waals surface area contributed by atoms with Crippen molar-refractivity contribution in [3.8, 4) is 6.07 Å². The van der Waals surface area contributed by atoms with E-state index in [2.05, 4.69) is 4.72 Å². The summed E-state index contributed by atoms with van der Waals surface area (Å²) in [5.41, 5.74) is 1.37. The molecule has 1 heterocycles. The van der Waals surface area contributed by atoms with Crippen LogP contribution < -0.4 is 4.72 Å². The van der Waals surface area contributed by atoms with Gasteiger partial charge in [0.25, 0.3) is 0 Å². The summed E-state index contributed by atoms with van der Waals surface area (Å²) in [7, 11) is -3.43. The van der Waals surface area contributed by atoms with Crippen LogP contribution in [0.3, 0.4) is 0 Å². The number of nitrogens with one attached hydrogen (secondary N) is 1. The molecular weight excluding hydrogens is 268 g/mol. The third-order valence-corrected chi connectivity index (χ3v) is 5.11. The summed E-state index contributed by atoms with van der Waals surface area (Å²) in [6.45, 7) is 0.214. The van der Waals surface area contributed by atoms with Crippen molar-refractivity contribution in [3.63, 3.8) is 0 Å². The molecule has 0 spiro atoms. The molecular formula is C12H10N2O2S2. The first-order valence-electron chi connectivity index (χ1n) is 5.14. The highest BCUT2D eigenvalue weighted by Crippen LogP contribution is 2.15. The number of nitriles is 1. The molecule has 0 aliphatic rings. The second-order valence-corrected chi connectivity index (χ2v) is 6.51. The van der Waals surface area contributed by atoms with Crippen LogP contribution in [0, 0.1) is 11.3 Å². The van der Waals surface area contributed by atoms with E-state index in [0.29, 0.717) is 9.77 Å². The van der Waals surface area contributed by atoms with E-state index in [1.165, 1.54) is 11.3 Å². The summed E-state index contributed by atoms with van der Waals surface area (Å²) in [6.07, 6.45) is 0. The Labute approximate surface area is 110 Å². The zero-order valence-corrected chi connectivity index (χ0v) is 11.0. The van der Waals surface area contributed by atoms with E-state index in [1.54, 1.807) is 41.8 Å². The van der Waals surface area contributed by atoms with Crippen molar-refractivity contribution >= 4 is 21.4 Å². The van der Waals surface area contributed by atoms with Crippen molar-refractivity contribution < 1.29 is 8.42 Å². The fraction of sp³-hybridized carbons (Fsp3) is 0.0833. The van der Waals surface area contributed by atoms with Gasteiger partial charge >= 0.3 is 0 Å². The van der Waals surface area contributed by atoms with Gasteiger partial charge in [-0.3, -0.25) is 0 Å². The summed E-state index contributed by atoms with van der Waals surface area (Å²) in [6, 6.07) is 12.1. The molecule has 0 saturated heterocycles. The van der Waals surface area contributed by atoms with Crippen molar-refractivity contribution in [2.45, 2.75) is 10.8 Å². The average molecular weight is 278 g/mol. The molecule has 4 nitrogen and oxygen atoms in total. The Hall–Kier alpha value is -1.68. The molecule has 0 aliphatic heterocycles. The number of sulfonamides is 1. The number of benzene rings is 1. The molecule has 0 saturated carbocycles. The molecule has 2 aromatic rings. The minimum atomic E-state index is -3.43. The Kier molecular flexibility index (Phi) is 3.77. The van der Waals surface area contributed by atoms with E-state index in [1.807, 2.05) is 6.07 Å². The fourth-order valence-electron chi connectivity index (χ4n) is 1.36. The first-order valence-corrected chi connectivity index (χ1v) is 7.50. The van der Waals surface area contributed by atoms with Gasteiger partial charge in [0.1, 0.15) is 4.21 Å². The van der Waals surface area contributed by atoms with Gasteiger partial charge in [-0.1, -0.05) is 18.2 Å². The van der Waals surface area contributed by atoms with Crippen LogP contribution in [0.4, 0.5) is 0 Å². The van der Waals surface area contributed by atoms with Gasteiger partial charge in [-0.2, -0.15) is 5.26 Å². The van der Waals surface area contributed by atoms with E-state index in [9.17, 15) is 8.42 Å². The quantitative estimate of drug-likeness (QED) is 0.931. The van der Waals surface area contributed by atoms with Crippen LogP contribution in [-0.2, 0) is 16.6 Å². The Balaban J connectivity index is 2.06. The largest absolute Gasteiger partial charge is 0.250 e. The minimum Gasteiger partial charge on any atom is -0.206 e. The molecule has 0 unspecified atom stereocenters. The van der Waals surface area contributed by atoms with E-state index in [4.69, 9.17) is 5.26 Å². The number of nitrogens with zero attached hydrogens (tertiary/aromatic N) is 1. The van der Waals surface area contributed by atoms with Gasteiger partial charge in [0, 0.05) is 6.54 Å². The maximum absolute atomic E-state index is 11.8. The van der Waals surface area contributed by atoms with Gasteiger partial charge in [0.15, 0.2) is 0 Å². The molecule has 1 aromatic carbocycles. The first-order chi connectivity index (χ1) is 8.62. The lowest BCUT2D eigenvalue weighted by Gasteiger charge is -2.04. The molecule has 0 fully saturated rings. The molecule has 0 atom stereocenters. The number of hydrogen-bond acceptors (Lipinski definition) is 4. The lowest BCUT2D eigenvalue weighted by Crippen LogP contribution is -2.22. The van der Waals surface area contributed by atoms with Crippen molar-refractivity contribution in [2.75, 3.05) is 0 Å². The number of hydrogen-bond donors (Lipinski definition) is 1. The van der Waals surface area contributed by atoms with Crippen molar-refractivity contribution in [2.24, 2.45) is 0 Å².